The molecule has 8 nitrogen and oxygen atoms in total. The van der Waals surface area contributed by atoms with Crippen molar-refractivity contribution in [1.29, 1.82) is 0 Å². The molecular formula is C28H32N4O4. The summed E-state index contributed by atoms with van der Waals surface area (Å²) in [6, 6.07) is 17.5. The van der Waals surface area contributed by atoms with E-state index in [4.69, 9.17) is 14.5 Å². The van der Waals surface area contributed by atoms with Crippen LogP contribution >= 0.6 is 0 Å². The van der Waals surface area contributed by atoms with Crippen LogP contribution in [0.2, 0.25) is 0 Å². The molecule has 1 atom stereocenters. The first kappa shape index (κ1) is 25.2. The number of amides is 1. The van der Waals surface area contributed by atoms with Gasteiger partial charge in [0.1, 0.15) is 17.1 Å². The second-order valence-electron chi connectivity index (χ2n) is 8.84. The lowest BCUT2D eigenvalue weighted by Gasteiger charge is -2.32. The largest absolute Gasteiger partial charge is 0.497 e. The summed E-state index contributed by atoms with van der Waals surface area (Å²) in [6.45, 7) is 3.61. The van der Waals surface area contributed by atoms with Crippen molar-refractivity contribution < 1.29 is 19.1 Å². The van der Waals surface area contributed by atoms with E-state index in [1.807, 2.05) is 66.5 Å². The molecule has 1 amide bonds. The molecule has 8 heteroatoms. The molecule has 188 valence electrons. The standard InChI is InChI=1S/C28H32N4O4/c1-4-36-28(34)22-11-8-16-32(19-22)27(33)24-17-29-25(21-12-14-23(35-3)15-13-21)30-26(24)31(2)18-20-9-6-5-7-10-20/h5-7,9-10,12-15,17,22H,4,8,11,16,18-19H2,1-3H3. The van der Waals surface area contributed by atoms with Crippen LogP contribution < -0.4 is 9.64 Å². The van der Waals surface area contributed by atoms with Crippen LogP contribution in [0.5, 0.6) is 5.75 Å². The minimum atomic E-state index is -0.312. The number of methoxy groups -OCH3 is 1. The van der Waals surface area contributed by atoms with Crippen molar-refractivity contribution in [3.05, 3.63) is 71.9 Å². The van der Waals surface area contributed by atoms with Crippen LogP contribution in [0, 0.1) is 5.92 Å². The van der Waals surface area contributed by atoms with Crippen molar-refractivity contribution in [3.8, 4) is 17.1 Å². The molecule has 1 fully saturated rings. The number of ether oxygens (including phenoxy) is 2. The number of piperidine rings is 1. The highest BCUT2D eigenvalue weighted by Crippen LogP contribution is 2.27. The van der Waals surface area contributed by atoms with E-state index in [9.17, 15) is 9.59 Å². The molecule has 3 aromatic rings. The number of hydrogen-bond acceptors (Lipinski definition) is 7. The van der Waals surface area contributed by atoms with Gasteiger partial charge >= 0.3 is 5.97 Å². The molecule has 0 N–H and O–H groups in total. The van der Waals surface area contributed by atoms with Crippen LogP contribution in [0.25, 0.3) is 11.4 Å². The highest BCUT2D eigenvalue weighted by molar-refractivity contribution is 5.99. The lowest BCUT2D eigenvalue weighted by Crippen LogP contribution is -2.43. The third-order valence-corrected chi connectivity index (χ3v) is 6.30. The Morgan fingerprint density at radius 3 is 2.56 bits per heavy atom. The van der Waals surface area contributed by atoms with Gasteiger partial charge in [0.05, 0.1) is 19.6 Å². The Hall–Kier alpha value is -3.94. The van der Waals surface area contributed by atoms with Crippen LogP contribution in [0.1, 0.15) is 35.7 Å². The number of nitrogens with zero attached hydrogens (tertiary/aromatic N) is 4. The van der Waals surface area contributed by atoms with Gasteiger partial charge in [-0.15, -0.1) is 0 Å². The Labute approximate surface area is 211 Å². The smallest absolute Gasteiger partial charge is 0.310 e. The van der Waals surface area contributed by atoms with Gasteiger partial charge in [-0.1, -0.05) is 30.3 Å². The maximum atomic E-state index is 13.7. The Bertz CT molecular complexity index is 1180. The Balaban J connectivity index is 1.66. The number of rotatable bonds is 8. The third kappa shape index (κ3) is 5.82. The Morgan fingerprint density at radius 1 is 1.11 bits per heavy atom. The summed E-state index contributed by atoms with van der Waals surface area (Å²) in [5, 5.41) is 0. The summed E-state index contributed by atoms with van der Waals surface area (Å²) in [4.78, 5) is 39.1. The molecule has 36 heavy (non-hydrogen) atoms. The molecule has 0 bridgehead atoms. The fourth-order valence-corrected chi connectivity index (χ4v) is 4.41. The molecular weight excluding hydrogens is 456 g/mol. The van der Waals surface area contributed by atoms with E-state index in [0.717, 1.165) is 29.7 Å². The van der Waals surface area contributed by atoms with Gasteiger partial charge in [0.2, 0.25) is 0 Å². The van der Waals surface area contributed by atoms with Crippen LogP contribution in [-0.2, 0) is 16.1 Å². The van der Waals surface area contributed by atoms with Gasteiger partial charge in [-0.05, 0) is 49.6 Å². The maximum Gasteiger partial charge on any atom is 0.310 e. The minimum Gasteiger partial charge on any atom is -0.497 e. The number of likely N-dealkylation sites (tertiary alicyclic amines) is 1. The van der Waals surface area contributed by atoms with E-state index < -0.39 is 0 Å². The summed E-state index contributed by atoms with van der Waals surface area (Å²) in [5.74, 6) is 1.07. The summed E-state index contributed by atoms with van der Waals surface area (Å²) in [7, 11) is 3.54. The molecule has 0 aliphatic carbocycles. The fraction of sp³-hybridized carbons (Fsp3) is 0.357. The number of anilines is 1. The monoisotopic (exact) mass is 488 g/mol. The molecule has 4 rings (SSSR count). The number of carbonyl (C=O) groups is 2. The number of hydrogen-bond donors (Lipinski definition) is 0. The van der Waals surface area contributed by atoms with Crippen molar-refractivity contribution in [2.75, 3.05) is 38.8 Å². The van der Waals surface area contributed by atoms with Gasteiger partial charge in [-0.25, -0.2) is 9.97 Å². The van der Waals surface area contributed by atoms with E-state index in [-0.39, 0.29) is 17.8 Å². The zero-order chi connectivity index (χ0) is 25.5. The van der Waals surface area contributed by atoms with Crippen LogP contribution in [0.15, 0.2) is 60.8 Å². The molecule has 1 unspecified atom stereocenters. The van der Waals surface area contributed by atoms with Crippen molar-refractivity contribution in [2.24, 2.45) is 5.92 Å². The average Bonchev–Trinajstić information content (AvgIpc) is 2.93. The summed E-state index contributed by atoms with van der Waals surface area (Å²) in [5.41, 5.74) is 2.34. The predicted molar refractivity (Wildman–Crippen MR) is 138 cm³/mol. The maximum absolute atomic E-state index is 13.7. The van der Waals surface area contributed by atoms with Gasteiger partial charge in [-0.2, -0.15) is 0 Å². The highest BCUT2D eigenvalue weighted by atomic mass is 16.5. The van der Waals surface area contributed by atoms with Gasteiger partial charge in [0.25, 0.3) is 5.91 Å². The fourth-order valence-electron chi connectivity index (χ4n) is 4.41. The topological polar surface area (TPSA) is 84.9 Å². The normalized spacial score (nSPS) is 15.3. The van der Waals surface area contributed by atoms with E-state index in [0.29, 0.717) is 43.4 Å². The summed E-state index contributed by atoms with van der Waals surface area (Å²) < 4.78 is 10.5. The first-order valence-electron chi connectivity index (χ1n) is 12.2. The lowest BCUT2D eigenvalue weighted by atomic mass is 9.97. The van der Waals surface area contributed by atoms with Gasteiger partial charge in [-0.3, -0.25) is 9.59 Å². The predicted octanol–water partition coefficient (Wildman–Crippen LogP) is 4.20. The van der Waals surface area contributed by atoms with Gasteiger partial charge < -0.3 is 19.3 Å². The van der Waals surface area contributed by atoms with Crippen molar-refractivity contribution in [2.45, 2.75) is 26.3 Å². The quantitative estimate of drug-likeness (QED) is 0.439. The molecule has 2 aromatic carbocycles. The molecule has 0 spiro atoms. The van der Waals surface area contributed by atoms with E-state index in [2.05, 4.69) is 4.98 Å². The van der Waals surface area contributed by atoms with Crippen molar-refractivity contribution in [1.82, 2.24) is 14.9 Å². The van der Waals surface area contributed by atoms with E-state index >= 15 is 0 Å². The van der Waals surface area contributed by atoms with Crippen molar-refractivity contribution in [3.63, 3.8) is 0 Å². The SMILES string of the molecule is CCOC(=O)C1CCCN(C(=O)c2cnc(-c3ccc(OC)cc3)nc2N(C)Cc2ccccc2)C1. The number of benzene rings is 2. The van der Waals surface area contributed by atoms with Crippen molar-refractivity contribution >= 4 is 17.7 Å². The van der Waals surface area contributed by atoms with Crippen LogP contribution in [0.3, 0.4) is 0 Å². The first-order chi connectivity index (χ1) is 17.5. The number of carbonyl (C=O) groups excluding carboxylic acids is 2. The van der Waals surface area contributed by atoms with Crippen LogP contribution in [-0.4, -0.2) is 60.6 Å². The molecule has 2 heterocycles. The molecule has 0 saturated carbocycles. The summed E-state index contributed by atoms with van der Waals surface area (Å²) in [6.07, 6.45) is 3.06. The summed E-state index contributed by atoms with van der Waals surface area (Å²) >= 11 is 0. The molecule has 1 aliphatic heterocycles. The van der Waals surface area contributed by atoms with Gasteiger partial charge in [0, 0.05) is 38.4 Å². The zero-order valence-corrected chi connectivity index (χ0v) is 21.0. The number of aromatic nitrogens is 2. The van der Waals surface area contributed by atoms with E-state index in [1.54, 1.807) is 25.1 Å². The average molecular weight is 489 g/mol. The molecule has 1 aliphatic rings. The molecule has 0 radical (unpaired) electrons. The zero-order valence-electron chi connectivity index (χ0n) is 21.0. The Kier molecular flexibility index (Phi) is 8.15. The lowest BCUT2D eigenvalue weighted by molar-refractivity contribution is -0.149. The Morgan fingerprint density at radius 2 is 1.86 bits per heavy atom. The third-order valence-electron chi connectivity index (χ3n) is 6.30. The van der Waals surface area contributed by atoms with E-state index in [1.165, 1.54) is 0 Å². The molecule has 1 aromatic heterocycles. The van der Waals surface area contributed by atoms with Crippen LogP contribution in [0.4, 0.5) is 5.82 Å². The highest BCUT2D eigenvalue weighted by Gasteiger charge is 2.31. The number of esters is 1. The second-order valence-corrected chi connectivity index (χ2v) is 8.84. The molecule has 1 saturated heterocycles. The first-order valence-corrected chi connectivity index (χ1v) is 12.2. The van der Waals surface area contributed by atoms with Gasteiger partial charge in [0.15, 0.2) is 5.82 Å². The second kappa shape index (κ2) is 11.7. The minimum absolute atomic E-state index is 0.180.